The van der Waals surface area contributed by atoms with E-state index in [0.29, 0.717) is 0 Å². The van der Waals surface area contributed by atoms with E-state index in [1.54, 1.807) is 0 Å². The van der Waals surface area contributed by atoms with Crippen molar-refractivity contribution in [3.8, 4) is 34.5 Å². The maximum absolute atomic E-state index is 11.0. The van der Waals surface area contributed by atoms with E-state index in [2.05, 4.69) is 0 Å². The zero-order valence-corrected chi connectivity index (χ0v) is 56.6. The van der Waals surface area contributed by atoms with E-state index < -0.39 is 173 Å². The minimum absolute atomic E-state index is 0. The zero-order valence-electron chi connectivity index (χ0n) is 46.9. The van der Waals surface area contributed by atoms with Crippen LogP contribution in [0.5, 0.6) is 34.5 Å². The number of carboxylic acid groups (broad SMARTS) is 12. The Balaban J connectivity index is -0.0000000398. The molecule has 98 heavy (non-hydrogen) atoms. The fourth-order valence-electron chi connectivity index (χ4n) is 5.15. The van der Waals surface area contributed by atoms with Crippen molar-refractivity contribution in [2.24, 2.45) is 0 Å². The Morgan fingerprint density at radius 1 is 0.173 bits per heavy atom. The number of carbonyl (C=O) groups is 12. The molecule has 0 unspecified atom stereocenters. The van der Waals surface area contributed by atoms with E-state index in [9.17, 15) is 149 Å². The van der Waals surface area contributed by atoms with Gasteiger partial charge in [0.05, 0.1) is 71.6 Å². The Bertz CT molecular complexity index is 2650. The number of aromatic carboxylic acids is 12. The second-order valence-electron chi connectivity index (χ2n) is 13.5. The summed E-state index contributed by atoms with van der Waals surface area (Å²) >= 11 is 0. The Morgan fingerprint density at radius 3 is 0.265 bits per heavy atom. The standard InChI is InChI=1S/6C8H6O5.6Cu.2Dy.12H2O/c6*9-6-4(7(10)11)2-1-3-5(6)8(12)13;;;;;;;;;;;;;;;;;;;;/h6*1-3,9H,(H,10,11)(H,12,13);;;;;;;;;12*1H2/q;;;;;;6*+2;2*+3;;;;;;;;;;;;/p-8. The van der Waals surface area contributed by atoms with Crippen LogP contribution in [0.3, 0.4) is 0 Å². The molecule has 0 aromatic heterocycles. The Kier molecular flexibility index (Phi) is 104. The monoisotopic (exact) mass is 2010 g/mol. The number of hydrogen-bond acceptors (Lipinski definition) is 30. The molecule has 0 atom stereocenters. The van der Waals surface area contributed by atoms with Gasteiger partial charge in [0.2, 0.25) is 0 Å². The number of hydrogen-bond donors (Lipinski definition) is 0. The Hall–Kier alpha value is -7.06. The smallest absolute Gasteiger partial charge is 0.872 e. The largest absolute Gasteiger partial charge is 3.00 e. The van der Waals surface area contributed by atoms with Crippen LogP contribution in [0, 0.1) is 76.3 Å². The first-order valence-electron chi connectivity index (χ1n) is 19.6. The third kappa shape index (κ3) is 44.1. The minimum Gasteiger partial charge on any atom is -0.872 e. The average Bonchev–Trinajstić information content (AvgIpc) is 3.34. The van der Waals surface area contributed by atoms with Crippen molar-refractivity contribution in [1.82, 2.24) is 0 Å². The molecule has 0 aliphatic heterocycles. The molecule has 0 saturated carbocycles. The van der Waals surface area contributed by atoms with Crippen molar-refractivity contribution in [1.29, 1.82) is 0 Å². The van der Waals surface area contributed by atoms with Gasteiger partial charge in [0.15, 0.2) is 0 Å². The molecular weight excluding hydrogens is 1950 g/mol. The van der Waals surface area contributed by atoms with Crippen LogP contribution < -0.4 is 91.9 Å². The number of carbonyl (C=O) groups excluding carboxylic acids is 12. The first kappa shape index (κ1) is 146. The zero-order chi connectivity index (χ0) is 60.0. The van der Waals surface area contributed by atoms with Gasteiger partial charge < -0.3 is 215 Å². The van der Waals surface area contributed by atoms with Crippen LogP contribution in [0.4, 0.5) is 0 Å². The van der Waals surface area contributed by atoms with Gasteiger partial charge in [0.25, 0.3) is 0 Å². The van der Waals surface area contributed by atoms with Crippen LogP contribution in [-0.4, -0.2) is 82.6 Å². The van der Waals surface area contributed by atoms with Gasteiger partial charge in [-0.25, -0.2) is 0 Å². The Labute approximate surface area is 669 Å². The second kappa shape index (κ2) is 69.8. The van der Waals surface area contributed by atoms with Crippen molar-refractivity contribution >= 4 is 71.6 Å². The van der Waals surface area contributed by atoms with E-state index in [0.717, 1.165) is 109 Å². The van der Waals surface area contributed by atoms with Gasteiger partial charge in [0.1, 0.15) is 0 Å². The molecule has 34 N–H and O–H groups in total. The number of benzene rings is 6. The molecule has 6 rings (SSSR count). The van der Waals surface area contributed by atoms with Crippen LogP contribution in [0.2, 0.25) is 0 Å². The summed E-state index contributed by atoms with van der Waals surface area (Å²) in [5, 5.41) is 189. The van der Waals surface area contributed by atoms with Gasteiger partial charge >= 0.3 is 179 Å². The molecule has 0 aliphatic carbocycles. The molecular formula is C48H52Cu6Dy2O42+10. The summed E-state index contributed by atoms with van der Waals surface area (Å²) in [5.74, 6) is -27.0. The van der Waals surface area contributed by atoms with Crippen LogP contribution in [0.15, 0.2) is 109 Å². The SMILES string of the molecule is O.O.O=C([O-])c1cccc(C(=O)[O-])c1[O-].O=C([O-])c1cccc(C(=O)[O-])c1[O-].O=C([O-])c1cccc(C(=O)[O-])c1[O-].O=C([O-])c1cccc(C(=O)[O-])c1[O-].O=C([O-])c1cccc(C(=O)[O-])c1[O-].O=C([O-])c1cccc(C(=O)[O-])c1[O-].[Cu+2].[Cu+2].[Cu+2].[Cu+2].[Cu+2].[Cu+2].[Dy+3].[Dy+3].[OH3+].[OH3+].[OH3+].[OH3+].[OH3+].[OH3+].[OH3+].[OH3+].[OH3+].[OH3+]. The summed E-state index contributed by atoms with van der Waals surface area (Å²) in [6, 6.07) is 18.5. The van der Waals surface area contributed by atoms with Crippen molar-refractivity contribution in [2.45, 2.75) is 0 Å². The van der Waals surface area contributed by atoms with E-state index >= 15 is 0 Å². The fourth-order valence-corrected chi connectivity index (χ4v) is 5.15. The molecule has 0 saturated heterocycles. The molecule has 0 spiro atoms. The number of rotatable bonds is 12. The van der Waals surface area contributed by atoms with Crippen molar-refractivity contribution in [2.75, 3.05) is 0 Å². The molecule has 0 amide bonds. The average molecular weight is 2010 g/mol. The summed E-state index contributed by atoms with van der Waals surface area (Å²) in [4.78, 5) is 123. The number of para-hydroxylation sites is 6. The van der Waals surface area contributed by atoms with Gasteiger partial charge in [-0.2, -0.15) is 0 Å². The van der Waals surface area contributed by atoms with Gasteiger partial charge in [0, 0.05) is 0 Å². The predicted molar refractivity (Wildman–Crippen MR) is 263 cm³/mol. The third-order valence-electron chi connectivity index (χ3n) is 8.73. The fraction of sp³-hybridized carbons (Fsp3) is 0. The maximum Gasteiger partial charge on any atom is 3.00 e. The van der Waals surface area contributed by atoms with E-state index in [1.165, 1.54) is 0 Å². The molecule has 0 aliphatic rings. The topological polar surface area (TPSA) is 1010 Å². The third-order valence-corrected chi connectivity index (χ3v) is 8.73. The van der Waals surface area contributed by atoms with Crippen LogP contribution >= 0.6 is 0 Å². The predicted octanol–water partition coefficient (Wildman–Crippen LogP) is -26.0. The maximum atomic E-state index is 11.0. The van der Waals surface area contributed by atoms with Crippen molar-refractivity contribution in [3.05, 3.63) is 176 Å². The first-order chi connectivity index (χ1) is 36.2. The van der Waals surface area contributed by atoms with E-state index in [4.69, 9.17) is 0 Å². The number of carboxylic acids is 12. The summed E-state index contributed by atoms with van der Waals surface area (Å²) in [6.45, 7) is 0. The van der Waals surface area contributed by atoms with Gasteiger partial charge in [-0.3, -0.25) is 0 Å². The molecule has 0 bridgehead atoms. The second-order valence-corrected chi connectivity index (χ2v) is 13.5. The summed E-state index contributed by atoms with van der Waals surface area (Å²) < 4.78 is 0. The summed E-state index contributed by atoms with van der Waals surface area (Å²) in [5.41, 5.74) is -8.15. The molecule has 0 fully saturated rings. The Morgan fingerprint density at radius 2 is 0.224 bits per heavy atom. The molecule has 50 heteroatoms. The van der Waals surface area contributed by atoms with E-state index in [-0.39, 0.29) is 244 Å². The summed E-state index contributed by atoms with van der Waals surface area (Å²) in [6.07, 6.45) is 0. The minimum atomic E-state index is -1.70. The quantitative estimate of drug-likeness (QED) is 0.0811. The van der Waals surface area contributed by atoms with Gasteiger partial charge in [-0.05, 0) is 66.8 Å². The normalized spacial score (nSPS) is 7.59. The molecule has 6 aromatic rings. The van der Waals surface area contributed by atoms with Gasteiger partial charge in [-0.15, -0.1) is 0 Å². The molecule has 0 heterocycles. The van der Waals surface area contributed by atoms with Crippen LogP contribution in [0.25, 0.3) is 0 Å². The van der Waals surface area contributed by atoms with Gasteiger partial charge in [-0.1, -0.05) is 144 Å². The van der Waals surface area contributed by atoms with Crippen LogP contribution in [0.1, 0.15) is 124 Å². The molecule has 6 aromatic carbocycles. The van der Waals surface area contributed by atoms with E-state index in [1.807, 2.05) is 0 Å². The first-order valence-corrected chi connectivity index (χ1v) is 19.6. The molecule has 8 radical (unpaired) electrons. The molecule has 572 valence electrons. The van der Waals surface area contributed by atoms with Crippen molar-refractivity contribution < 1.29 is 394 Å². The van der Waals surface area contributed by atoms with Crippen molar-refractivity contribution in [3.63, 3.8) is 0 Å². The summed E-state index contributed by atoms with van der Waals surface area (Å²) in [7, 11) is 0. The van der Waals surface area contributed by atoms with Crippen LogP contribution in [-0.2, 0) is 157 Å². The molecule has 42 nitrogen and oxygen atoms in total.